The van der Waals surface area contributed by atoms with Crippen molar-refractivity contribution in [3.05, 3.63) is 42.2 Å². The van der Waals surface area contributed by atoms with E-state index in [9.17, 15) is 4.79 Å². The zero-order valence-corrected chi connectivity index (χ0v) is 23.1. The molecule has 1 aliphatic carbocycles. The van der Waals surface area contributed by atoms with Crippen LogP contribution < -0.4 is 4.90 Å². The second kappa shape index (κ2) is 12.3. The normalized spacial score (nSPS) is 23.3. The molecule has 1 aromatic heterocycles. The van der Waals surface area contributed by atoms with E-state index in [-0.39, 0.29) is 5.92 Å². The zero-order valence-electron chi connectivity index (χ0n) is 23.1. The number of hydrogen-bond donors (Lipinski definition) is 0. The number of piperazine rings is 1. The maximum Gasteiger partial charge on any atom is 0.225 e. The Bertz CT molecular complexity index is 951. The van der Waals surface area contributed by atoms with Crippen molar-refractivity contribution in [1.29, 1.82) is 0 Å². The van der Waals surface area contributed by atoms with Gasteiger partial charge in [-0.3, -0.25) is 9.69 Å². The number of Topliss-reactive ketones (excluding diaryl/α,β-unsaturated/α-hetero) is 1. The Morgan fingerprint density at radius 2 is 1.47 bits per heavy atom. The van der Waals surface area contributed by atoms with E-state index in [4.69, 9.17) is 9.97 Å². The Labute approximate surface area is 218 Å². The quantitative estimate of drug-likeness (QED) is 0.451. The highest BCUT2D eigenvalue weighted by atomic mass is 16.1. The summed E-state index contributed by atoms with van der Waals surface area (Å²) in [5.41, 5.74) is 3.55. The lowest BCUT2D eigenvalue weighted by Crippen LogP contribution is -2.56. The molecule has 5 nitrogen and oxygen atoms in total. The Morgan fingerprint density at radius 3 is 2.00 bits per heavy atom. The van der Waals surface area contributed by atoms with E-state index >= 15 is 0 Å². The lowest BCUT2D eigenvalue weighted by molar-refractivity contribution is -0.126. The molecule has 0 N–H and O–H groups in total. The molecule has 1 aromatic carbocycles. The molecule has 0 amide bonds. The van der Waals surface area contributed by atoms with E-state index in [1.807, 2.05) is 26.2 Å². The molecule has 3 heterocycles. The van der Waals surface area contributed by atoms with Crippen molar-refractivity contribution in [2.45, 2.75) is 104 Å². The summed E-state index contributed by atoms with van der Waals surface area (Å²) in [6.07, 6.45) is 13.9. The third-order valence-corrected chi connectivity index (χ3v) is 8.56. The number of carbonyl (C=O) groups is 1. The molecule has 196 valence electrons. The van der Waals surface area contributed by atoms with Crippen LogP contribution in [0.25, 0.3) is 11.1 Å². The van der Waals surface area contributed by atoms with Crippen LogP contribution >= 0.6 is 0 Å². The van der Waals surface area contributed by atoms with Gasteiger partial charge in [0.15, 0.2) is 0 Å². The van der Waals surface area contributed by atoms with Gasteiger partial charge in [-0.15, -0.1) is 0 Å². The van der Waals surface area contributed by atoms with Crippen molar-refractivity contribution in [3.63, 3.8) is 0 Å². The van der Waals surface area contributed by atoms with Gasteiger partial charge in [0.25, 0.3) is 0 Å². The second-order valence-corrected chi connectivity index (χ2v) is 11.5. The number of aromatic nitrogens is 2. The highest BCUT2D eigenvalue weighted by Crippen LogP contribution is 2.34. The van der Waals surface area contributed by atoms with Crippen LogP contribution in [-0.4, -0.2) is 51.9 Å². The van der Waals surface area contributed by atoms with Gasteiger partial charge >= 0.3 is 0 Å². The van der Waals surface area contributed by atoms with Gasteiger partial charge in [0.2, 0.25) is 5.95 Å². The highest BCUT2D eigenvalue weighted by Gasteiger charge is 2.42. The minimum Gasteiger partial charge on any atom is -0.332 e. The number of hydrogen-bond acceptors (Lipinski definition) is 5. The average molecular weight is 491 g/mol. The van der Waals surface area contributed by atoms with Crippen LogP contribution in [0, 0.1) is 18.8 Å². The summed E-state index contributed by atoms with van der Waals surface area (Å²) in [5, 5.41) is 0. The number of anilines is 1. The van der Waals surface area contributed by atoms with Crippen LogP contribution in [-0.2, 0) is 4.79 Å². The van der Waals surface area contributed by atoms with Crippen LogP contribution in [0.15, 0.2) is 36.7 Å². The first-order valence-corrected chi connectivity index (χ1v) is 14.3. The molecule has 2 bridgehead atoms. The SMILES string of the molecule is CC(C)C(=O)C1CCCCC1.CCC(C)N1CC2CCC(C1)N2c1ncc(-c2ccc(C)cc2)cn1. The van der Waals surface area contributed by atoms with Crippen molar-refractivity contribution in [3.8, 4) is 11.1 Å². The molecule has 0 radical (unpaired) electrons. The first kappa shape index (κ1) is 26.8. The molecule has 3 aliphatic rings. The standard InChI is InChI=1S/C21H28N4.C10H18O/c1-4-16(3)24-13-19-9-10-20(14-24)25(19)21-22-11-18(12-23-21)17-7-5-15(2)6-8-17;1-8(2)10(11)9-6-4-3-5-7-9/h5-8,11-12,16,19-20H,4,9-10,13-14H2,1-3H3;8-9H,3-7H2,1-2H3. The van der Waals surface area contributed by atoms with Gasteiger partial charge in [0, 0.05) is 61.0 Å². The first-order valence-electron chi connectivity index (χ1n) is 14.3. The topological polar surface area (TPSA) is 49.3 Å². The van der Waals surface area contributed by atoms with E-state index in [1.165, 1.54) is 49.7 Å². The first-order chi connectivity index (χ1) is 17.4. The minimum absolute atomic E-state index is 0.248. The molecule has 2 aliphatic heterocycles. The largest absolute Gasteiger partial charge is 0.332 e. The summed E-state index contributed by atoms with van der Waals surface area (Å²) in [5.74, 6) is 2.05. The van der Waals surface area contributed by atoms with Gasteiger partial charge in [-0.1, -0.05) is 69.9 Å². The maximum atomic E-state index is 11.5. The van der Waals surface area contributed by atoms with Crippen molar-refractivity contribution in [1.82, 2.24) is 14.9 Å². The predicted molar refractivity (Wildman–Crippen MR) is 149 cm³/mol. The Kier molecular flexibility index (Phi) is 9.16. The average Bonchev–Trinajstić information content (AvgIpc) is 3.17. The predicted octanol–water partition coefficient (Wildman–Crippen LogP) is 6.70. The third-order valence-electron chi connectivity index (χ3n) is 8.56. The fraction of sp³-hybridized carbons (Fsp3) is 0.645. The maximum absolute atomic E-state index is 11.5. The van der Waals surface area contributed by atoms with Gasteiger partial charge in [0.1, 0.15) is 5.78 Å². The van der Waals surface area contributed by atoms with Crippen molar-refractivity contribution >= 4 is 11.7 Å². The lowest BCUT2D eigenvalue weighted by atomic mass is 9.83. The molecule has 1 saturated carbocycles. The Morgan fingerprint density at radius 1 is 0.889 bits per heavy atom. The minimum atomic E-state index is 0.248. The Balaban J connectivity index is 0.000000233. The van der Waals surface area contributed by atoms with Crippen LogP contribution in [0.3, 0.4) is 0 Å². The Hall–Kier alpha value is -2.27. The summed E-state index contributed by atoms with van der Waals surface area (Å²) < 4.78 is 0. The van der Waals surface area contributed by atoms with E-state index in [2.05, 4.69) is 54.8 Å². The number of aryl methyl sites for hydroxylation is 1. The molecule has 3 atom stereocenters. The summed E-state index contributed by atoms with van der Waals surface area (Å²) >= 11 is 0. The monoisotopic (exact) mass is 490 g/mol. The van der Waals surface area contributed by atoms with Crippen molar-refractivity contribution < 1.29 is 4.79 Å². The second-order valence-electron chi connectivity index (χ2n) is 11.5. The van der Waals surface area contributed by atoms with Gasteiger partial charge in [0.05, 0.1) is 0 Å². The third kappa shape index (κ3) is 6.34. The van der Waals surface area contributed by atoms with Crippen LogP contribution in [0.1, 0.15) is 84.6 Å². The summed E-state index contributed by atoms with van der Waals surface area (Å²) in [7, 11) is 0. The number of rotatable bonds is 6. The molecule has 2 aromatic rings. The molecular formula is C31H46N4O. The number of ketones is 1. The number of carbonyl (C=O) groups excluding carboxylic acids is 1. The molecule has 2 saturated heterocycles. The van der Waals surface area contributed by atoms with Crippen LogP contribution in [0.4, 0.5) is 5.95 Å². The number of likely N-dealkylation sites (tertiary alicyclic amines) is 1. The van der Waals surface area contributed by atoms with Gasteiger partial charge in [-0.05, 0) is 51.5 Å². The van der Waals surface area contributed by atoms with Gasteiger partial charge in [-0.25, -0.2) is 9.97 Å². The van der Waals surface area contributed by atoms with Crippen molar-refractivity contribution in [2.24, 2.45) is 11.8 Å². The lowest BCUT2D eigenvalue weighted by Gasteiger charge is -2.43. The van der Waals surface area contributed by atoms with E-state index in [0.29, 0.717) is 29.8 Å². The van der Waals surface area contributed by atoms with Gasteiger partial charge in [-0.2, -0.15) is 0 Å². The highest BCUT2D eigenvalue weighted by molar-refractivity contribution is 5.82. The molecule has 3 unspecified atom stereocenters. The molecule has 5 rings (SSSR count). The number of fused-ring (bicyclic) bond motifs is 2. The smallest absolute Gasteiger partial charge is 0.225 e. The van der Waals surface area contributed by atoms with Crippen LogP contribution in [0.5, 0.6) is 0 Å². The van der Waals surface area contributed by atoms with E-state index < -0.39 is 0 Å². The van der Waals surface area contributed by atoms with Gasteiger partial charge < -0.3 is 4.90 Å². The molecule has 5 heteroatoms. The fourth-order valence-electron chi connectivity index (χ4n) is 6.09. The molecule has 3 fully saturated rings. The van der Waals surface area contributed by atoms with E-state index in [1.54, 1.807) is 0 Å². The molecule has 0 spiro atoms. The zero-order chi connectivity index (χ0) is 25.7. The summed E-state index contributed by atoms with van der Waals surface area (Å²) in [6, 6.07) is 10.4. The summed E-state index contributed by atoms with van der Waals surface area (Å²) in [4.78, 5) is 26.1. The number of nitrogens with zero attached hydrogens (tertiary/aromatic N) is 4. The molecular weight excluding hydrogens is 444 g/mol. The van der Waals surface area contributed by atoms with Crippen LogP contribution in [0.2, 0.25) is 0 Å². The fourth-order valence-corrected chi connectivity index (χ4v) is 6.09. The number of benzene rings is 1. The molecule has 36 heavy (non-hydrogen) atoms. The summed E-state index contributed by atoms with van der Waals surface area (Å²) in [6.45, 7) is 13.1. The van der Waals surface area contributed by atoms with Crippen molar-refractivity contribution in [2.75, 3.05) is 18.0 Å². The van der Waals surface area contributed by atoms with E-state index in [0.717, 1.165) is 37.4 Å².